The molecule has 0 aliphatic heterocycles. The largest absolute Gasteiger partial charge is 0.271 e. The Kier molecular flexibility index (Phi) is 3.71. The third kappa shape index (κ3) is 2.98. The van der Waals surface area contributed by atoms with E-state index in [0.717, 1.165) is 4.90 Å². The molecule has 1 aromatic carbocycles. The van der Waals surface area contributed by atoms with Gasteiger partial charge in [0.1, 0.15) is 0 Å². The van der Waals surface area contributed by atoms with Gasteiger partial charge in [-0.2, -0.15) is 0 Å². The molecule has 6 heteroatoms. The monoisotopic (exact) mass is 262 g/mol. The minimum atomic E-state index is -0.412. The van der Waals surface area contributed by atoms with Crippen LogP contribution in [-0.2, 0) is 0 Å². The number of hydrogen-bond donors (Lipinski definition) is 1. The van der Waals surface area contributed by atoms with Crippen LogP contribution in [0.4, 0.5) is 5.69 Å². The van der Waals surface area contributed by atoms with E-state index in [2.05, 4.69) is 20.7 Å². The van der Waals surface area contributed by atoms with Crippen molar-refractivity contribution in [3.05, 3.63) is 32.8 Å². The number of rotatable bonds is 3. The Hall–Kier alpha value is -0.590. The Labute approximate surface area is 88.1 Å². The van der Waals surface area contributed by atoms with E-state index >= 15 is 0 Å². The van der Waals surface area contributed by atoms with Gasteiger partial charge in [0.15, 0.2) is 0 Å². The van der Waals surface area contributed by atoms with Crippen LogP contribution in [0, 0.1) is 10.1 Å². The zero-order valence-corrected chi connectivity index (χ0v) is 9.18. The van der Waals surface area contributed by atoms with E-state index in [4.69, 9.17) is 0 Å². The Morgan fingerprint density at radius 2 is 2.23 bits per heavy atom. The summed E-state index contributed by atoms with van der Waals surface area (Å²) in [5.41, 5.74) is 0.0899. The molecule has 0 amide bonds. The van der Waals surface area contributed by atoms with E-state index in [1.54, 1.807) is 7.05 Å². The van der Waals surface area contributed by atoms with E-state index < -0.39 is 4.92 Å². The van der Waals surface area contributed by atoms with E-state index in [-0.39, 0.29) is 5.69 Å². The summed E-state index contributed by atoms with van der Waals surface area (Å²) in [6, 6.07) is 4.81. The molecule has 13 heavy (non-hydrogen) atoms. The van der Waals surface area contributed by atoms with Crippen molar-refractivity contribution >= 4 is 33.6 Å². The quantitative estimate of drug-likeness (QED) is 0.517. The molecule has 0 aliphatic carbocycles. The molecule has 0 atom stereocenters. The van der Waals surface area contributed by atoms with E-state index in [0.29, 0.717) is 4.47 Å². The minimum Gasteiger partial charge on any atom is -0.263 e. The van der Waals surface area contributed by atoms with Crippen molar-refractivity contribution in [2.24, 2.45) is 0 Å². The molecule has 0 saturated heterocycles. The lowest BCUT2D eigenvalue weighted by Crippen LogP contribution is -1.92. The number of nitro groups is 1. The average molecular weight is 263 g/mol. The molecule has 0 heterocycles. The Morgan fingerprint density at radius 3 is 2.77 bits per heavy atom. The summed E-state index contributed by atoms with van der Waals surface area (Å²) < 4.78 is 3.56. The zero-order valence-electron chi connectivity index (χ0n) is 6.78. The first-order chi connectivity index (χ1) is 6.13. The summed E-state index contributed by atoms with van der Waals surface area (Å²) >= 11 is 4.54. The number of nitrogens with one attached hydrogen (secondary N) is 1. The van der Waals surface area contributed by atoms with Crippen molar-refractivity contribution in [3.63, 3.8) is 0 Å². The number of benzene rings is 1. The highest BCUT2D eigenvalue weighted by atomic mass is 79.9. The number of nitro benzene ring substituents is 1. The maximum absolute atomic E-state index is 10.5. The van der Waals surface area contributed by atoms with Crippen molar-refractivity contribution in [1.29, 1.82) is 0 Å². The summed E-state index contributed by atoms with van der Waals surface area (Å²) in [4.78, 5) is 10.9. The van der Waals surface area contributed by atoms with Gasteiger partial charge in [-0.1, -0.05) is 15.9 Å². The lowest BCUT2D eigenvalue weighted by Gasteiger charge is -1.99. The summed E-state index contributed by atoms with van der Waals surface area (Å²) in [5.74, 6) is 0. The smallest absolute Gasteiger partial charge is 0.263 e. The van der Waals surface area contributed by atoms with Gasteiger partial charge >= 0.3 is 0 Å². The van der Waals surface area contributed by atoms with Crippen molar-refractivity contribution in [1.82, 2.24) is 4.72 Å². The normalized spacial score (nSPS) is 10.0. The highest BCUT2D eigenvalue weighted by Gasteiger charge is 2.08. The molecule has 0 saturated carbocycles. The summed E-state index contributed by atoms with van der Waals surface area (Å²) in [6.07, 6.45) is 0. The van der Waals surface area contributed by atoms with Crippen LogP contribution >= 0.6 is 27.9 Å². The first kappa shape index (κ1) is 10.5. The van der Waals surface area contributed by atoms with Gasteiger partial charge in [-0.3, -0.25) is 14.8 Å². The van der Waals surface area contributed by atoms with Crippen LogP contribution in [0.2, 0.25) is 0 Å². The van der Waals surface area contributed by atoms with E-state index in [9.17, 15) is 10.1 Å². The fourth-order valence-electron chi connectivity index (χ4n) is 0.830. The summed E-state index contributed by atoms with van der Waals surface area (Å²) in [6.45, 7) is 0. The lowest BCUT2D eigenvalue weighted by atomic mass is 10.3. The second-order valence-electron chi connectivity index (χ2n) is 2.21. The predicted octanol–water partition coefficient (Wildman–Crippen LogP) is 2.58. The summed E-state index contributed by atoms with van der Waals surface area (Å²) in [7, 11) is 1.76. The molecule has 1 rings (SSSR count). The number of halogens is 1. The van der Waals surface area contributed by atoms with Crippen LogP contribution < -0.4 is 4.72 Å². The predicted molar refractivity (Wildman–Crippen MR) is 55.7 cm³/mol. The van der Waals surface area contributed by atoms with Crippen molar-refractivity contribution in [3.8, 4) is 0 Å². The number of hydrogen-bond acceptors (Lipinski definition) is 4. The fraction of sp³-hybridized carbons (Fsp3) is 0.143. The molecule has 1 aromatic rings. The number of non-ortho nitro benzene ring substituents is 1. The Morgan fingerprint density at radius 1 is 1.54 bits per heavy atom. The fourth-order valence-corrected chi connectivity index (χ4v) is 2.06. The van der Waals surface area contributed by atoms with Gasteiger partial charge in [-0.25, -0.2) is 0 Å². The van der Waals surface area contributed by atoms with Crippen LogP contribution in [0.25, 0.3) is 0 Å². The zero-order chi connectivity index (χ0) is 9.84. The third-order valence-corrected chi connectivity index (χ3v) is 2.42. The third-order valence-electron chi connectivity index (χ3n) is 1.29. The first-order valence-corrected chi connectivity index (χ1v) is 5.03. The molecule has 0 spiro atoms. The van der Waals surface area contributed by atoms with Gasteiger partial charge in [-0.15, -0.1) is 0 Å². The highest BCUT2D eigenvalue weighted by Crippen LogP contribution is 2.26. The van der Waals surface area contributed by atoms with Gasteiger partial charge in [0.25, 0.3) is 5.69 Å². The Balaban J connectivity index is 3.03. The van der Waals surface area contributed by atoms with E-state index in [1.807, 2.05) is 6.07 Å². The van der Waals surface area contributed by atoms with Gasteiger partial charge < -0.3 is 0 Å². The van der Waals surface area contributed by atoms with E-state index in [1.165, 1.54) is 24.1 Å². The maximum Gasteiger partial charge on any atom is 0.271 e. The van der Waals surface area contributed by atoms with Gasteiger partial charge in [-0.05, 0) is 25.1 Å². The molecular formula is C7H7BrN2O2S. The standard InChI is InChI=1S/C7H7BrN2O2S/c1-9-13-7-3-5(8)2-6(4-7)10(11)12/h2-4,9H,1H3. The maximum atomic E-state index is 10.5. The van der Waals surface area contributed by atoms with Gasteiger partial charge in [0.2, 0.25) is 0 Å². The molecule has 1 N–H and O–H groups in total. The van der Waals surface area contributed by atoms with Gasteiger partial charge in [0.05, 0.1) is 4.92 Å². The van der Waals surface area contributed by atoms with Crippen molar-refractivity contribution in [2.75, 3.05) is 7.05 Å². The molecule has 0 fully saturated rings. The lowest BCUT2D eigenvalue weighted by molar-refractivity contribution is -0.385. The SMILES string of the molecule is CNSc1cc(Br)cc([N+](=O)[O-])c1. The van der Waals surface area contributed by atoms with Crippen LogP contribution in [0.15, 0.2) is 27.6 Å². The molecule has 0 aliphatic rings. The molecular weight excluding hydrogens is 256 g/mol. The highest BCUT2D eigenvalue weighted by molar-refractivity contribution is 9.10. The molecule has 4 nitrogen and oxygen atoms in total. The first-order valence-electron chi connectivity index (χ1n) is 3.42. The molecule has 0 unspecified atom stereocenters. The van der Waals surface area contributed by atoms with Crippen LogP contribution in [-0.4, -0.2) is 12.0 Å². The summed E-state index contributed by atoms with van der Waals surface area (Å²) in [5, 5.41) is 10.5. The average Bonchev–Trinajstić information content (AvgIpc) is 2.03. The number of nitrogens with zero attached hydrogens (tertiary/aromatic N) is 1. The molecule has 0 aromatic heterocycles. The molecule has 0 bridgehead atoms. The molecule has 0 radical (unpaired) electrons. The van der Waals surface area contributed by atoms with Crippen molar-refractivity contribution in [2.45, 2.75) is 4.90 Å². The van der Waals surface area contributed by atoms with Gasteiger partial charge in [0, 0.05) is 21.5 Å². The topological polar surface area (TPSA) is 55.2 Å². The van der Waals surface area contributed by atoms with Crippen LogP contribution in [0.1, 0.15) is 0 Å². The second kappa shape index (κ2) is 4.59. The van der Waals surface area contributed by atoms with Crippen LogP contribution in [0.5, 0.6) is 0 Å². The minimum absolute atomic E-state index is 0.0899. The molecule has 70 valence electrons. The Bertz CT molecular complexity index is 332. The van der Waals surface area contributed by atoms with Crippen LogP contribution in [0.3, 0.4) is 0 Å². The second-order valence-corrected chi connectivity index (χ2v) is 4.21. The van der Waals surface area contributed by atoms with Crippen molar-refractivity contribution < 1.29 is 4.92 Å².